The van der Waals surface area contributed by atoms with Gasteiger partial charge in [-0.3, -0.25) is 4.79 Å². The smallest absolute Gasteiger partial charge is 0.338 e. The standard InChI is InChI=1S/C17H16F3N3O/c18-17(19,20)14-5-3-12(4-6-14)16(24)23-9-1-2-13(10-23)15-7-8-21-11-22-15/h3-8,11,13H,1-2,9-10H2. The van der Waals surface area contributed by atoms with E-state index in [1.165, 1.54) is 18.5 Å². The van der Waals surface area contributed by atoms with Crippen LogP contribution < -0.4 is 0 Å². The molecule has 0 saturated carbocycles. The highest BCUT2D eigenvalue weighted by Crippen LogP contribution is 2.30. The molecule has 1 aromatic carbocycles. The van der Waals surface area contributed by atoms with Crippen molar-refractivity contribution in [1.82, 2.24) is 14.9 Å². The van der Waals surface area contributed by atoms with Crippen LogP contribution in [0.2, 0.25) is 0 Å². The number of hydrogen-bond acceptors (Lipinski definition) is 3. The van der Waals surface area contributed by atoms with Crippen molar-refractivity contribution >= 4 is 5.91 Å². The predicted molar refractivity (Wildman–Crippen MR) is 81.4 cm³/mol. The average Bonchev–Trinajstić information content (AvgIpc) is 2.61. The molecule has 0 N–H and O–H groups in total. The first-order valence-electron chi connectivity index (χ1n) is 7.67. The van der Waals surface area contributed by atoms with Gasteiger partial charge in [-0.25, -0.2) is 9.97 Å². The van der Waals surface area contributed by atoms with Gasteiger partial charge in [-0.2, -0.15) is 13.2 Å². The van der Waals surface area contributed by atoms with E-state index in [9.17, 15) is 18.0 Å². The second-order valence-electron chi connectivity index (χ2n) is 5.80. The number of halogens is 3. The van der Waals surface area contributed by atoms with Crippen LogP contribution >= 0.6 is 0 Å². The summed E-state index contributed by atoms with van der Waals surface area (Å²) in [4.78, 5) is 22.3. The number of alkyl halides is 3. The van der Waals surface area contributed by atoms with Crippen LogP contribution in [0.25, 0.3) is 0 Å². The van der Waals surface area contributed by atoms with E-state index in [4.69, 9.17) is 0 Å². The van der Waals surface area contributed by atoms with Gasteiger partial charge in [-0.05, 0) is 43.2 Å². The zero-order chi connectivity index (χ0) is 17.2. The van der Waals surface area contributed by atoms with Crippen molar-refractivity contribution in [2.45, 2.75) is 24.9 Å². The summed E-state index contributed by atoms with van der Waals surface area (Å²) in [5, 5.41) is 0. The van der Waals surface area contributed by atoms with Gasteiger partial charge in [0.25, 0.3) is 5.91 Å². The number of rotatable bonds is 2. The summed E-state index contributed by atoms with van der Waals surface area (Å²) < 4.78 is 37.8. The highest BCUT2D eigenvalue weighted by molar-refractivity contribution is 5.94. The molecule has 0 radical (unpaired) electrons. The van der Waals surface area contributed by atoms with E-state index in [0.717, 1.165) is 30.7 Å². The summed E-state index contributed by atoms with van der Waals surface area (Å²) in [6, 6.07) is 6.19. The van der Waals surface area contributed by atoms with E-state index in [0.29, 0.717) is 13.1 Å². The zero-order valence-electron chi connectivity index (χ0n) is 12.8. The van der Waals surface area contributed by atoms with Crippen molar-refractivity contribution in [2.75, 3.05) is 13.1 Å². The molecule has 1 aliphatic heterocycles. The lowest BCUT2D eigenvalue weighted by Gasteiger charge is -2.32. The third-order valence-electron chi connectivity index (χ3n) is 4.19. The SMILES string of the molecule is O=C(c1ccc(C(F)(F)F)cc1)N1CCCC(c2ccncn2)C1. The van der Waals surface area contributed by atoms with E-state index < -0.39 is 11.7 Å². The van der Waals surface area contributed by atoms with Crippen LogP contribution in [0.4, 0.5) is 13.2 Å². The number of hydrogen-bond donors (Lipinski definition) is 0. The van der Waals surface area contributed by atoms with Gasteiger partial charge >= 0.3 is 6.18 Å². The van der Waals surface area contributed by atoms with Crippen LogP contribution in [0.1, 0.15) is 40.4 Å². The Morgan fingerprint density at radius 3 is 2.54 bits per heavy atom. The van der Waals surface area contributed by atoms with Crippen molar-refractivity contribution in [2.24, 2.45) is 0 Å². The molecule has 2 aromatic rings. The fourth-order valence-electron chi connectivity index (χ4n) is 2.93. The van der Waals surface area contributed by atoms with E-state index in [-0.39, 0.29) is 17.4 Å². The Kier molecular flexibility index (Phi) is 4.51. The van der Waals surface area contributed by atoms with Crippen molar-refractivity contribution < 1.29 is 18.0 Å². The van der Waals surface area contributed by atoms with Crippen molar-refractivity contribution in [3.63, 3.8) is 0 Å². The molecule has 1 amide bonds. The second-order valence-corrected chi connectivity index (χ2v) is 5.80. The van der Waals surface area contributed by atoms with Gasteiger partial charge in [0, 0.05) is 36.5 Å². The second kappa shape index (κ2) is 6.59. The van der Waals surface area contributed by atoms with Crippen LogP contribution in [0.5, 0.6) is 0 Å². The lowest BCUT2D eigenvalue weighted by molar-refractivity contribution is -0.137. The largest absolute Gasteiger partial charge is 0.416 e. The number of aromatic nitrogens is 2. The maximum absolute atomic E-state index is 12.6. The van der Waals surface area contributed by atoms with E-state index >= 15 is 0 Å². The van der Waals surface area contributed by atoms with E-state index in [1.54, 1.807) is 11.1 Å². The number of carbonyl (C=O) groups is 1. The van der Waals surface area contributed by atoms with Crippen LogP contribution in [0, 0.1) is 0 Å². The molecule has 1 aromatic heterocycles. The molecule has 126 valence electrons. The fraction of sp³-hybridized carbons (Fsp3) is 0.353. The Hall–Kier alpha value is -2.44. The first-order chi connectivity index (χ1) is 11.4. The van der Waals surface area contributed by atoms with E-state index in [1.807, 2.05) is 6.07 Å². The number of amides is 1. The molecule has 24 heavy (non-hydrogen) atoms. The Bertz CT molecular complexity index is 701. The molecule has 1 atom stereocenters. The summed E-state index contributed by atoms with van der Waals surface area (Å²) in [7, 11) is 0. The molecule has 2 heterocycles. The third kappa shape index (κ3) is 3.55. The quantitative estimate of drug-likeness (QED) is 0.844. The monoisotopic (exact) mass is 335 g/mol. The lowest BCUT2D eigenvalue weighted by atomic mass is 9.94. The summed E-state index contributed by atoms with van der Waals surface area (Å²) in [6.07, 6.45) is 0.505. The molecular weight excluding hydrogens is 319 g/mol. The Morgan fingerprint density at radius 2 is 1.92 bits per heavy atom. The summed E-state index contributed by atoms with van der Waals surface area (Å²) >= 11 is 0. The molecule has 1 saturated heterocycles. The van der Waals surface area contributed by atoms with Crippen molar-refractivity contribution in [1.29, 1.82) is 0 Å². The summed E-state index contributed by atoms with van der Waals surface area (Å²) in [5.74, 6) is -0.123. The van der Waals surface area contributed by atoms with Gasteiger partial charge in [0.15, 0.2) is 0 Å². The van der Waals surface area contributed by atoms with E-state index in [2.05, 4.69) is 9.97 Å². The Morgan fingerprint density at radius 1 is 1.17 bits per heavy atom. The molecule has 1 fully saturated rings. The number of piperidine rings is 1. The van der Waals surface area contributed by atoms with Gasteiger partial charge in [-0.15, -0.1) is 0 Å². The average molecular weight is 335 g/mol. The van der Waals surface area contributed by atoms with Gasteiger partial charge in [0.1, 0.15) is 6.33 Å². The minimum Gasteiger partial charge on any atom is -0.338 e. The minimum atomic E-state index is -4.40. The van der Waals surface area contributed by atoms with Crippen LogP contribution in [-0.4, -0.2) is 33.9 Å². The molecular formula is C17H16F3N3O. The molecule has 0 aliphatic carbocycles. The van der Waals surface area contributed by atoms with Crippen LogP contribution in [-0.2, 0) is 6.18 Å². The summed E-state index contributed by atoms with van der Waals surface area (Å²) in [6.45, 7) is 1.11. The van der Waals surface area contributed by atoms with Crippen molar-refractivity contribution in [3.8, 4) is 0 Å². The van der Waals surface area contributed by atoms with Crippen LogP contribution in [0.3, 0.4) is 0 Å². The van der Waals surface area contributed by atoms with Crippen LogP contribution in [0.15, 0.2) is 42.9 Å². The highest BCUT2D eigenvalue weighted by Gasteiger charge is 2.31. The number of likely N-dealkylation sites (tertiary alicyclic amines) is 1. The topological polar surface area (TPSA) is 46.1 Å². The summed E-state index contributed by atoms with van der Waals surface area (Å²) in [5.41, 5.74) is 0.401. The molecule has 3 rings (SSSR count). The number of nitrogens with zero attached hydrogens (tertiary/aromatic N) is 3. The molecule has 1 unspecified atom stereocenters. The van der Waals surface area contributed by atoms with Gasteiger partial charge < -0.3 is 4.90 Å². The predicted octanol–water partition coefficient (Wildman–Crippen LogP) is 3.52. The van der Waals surface area contributed by atoms with Gasteiger partial charge in [0.05, 0.1) is 5.56 Å². The maximum Gasteiger partial charge on any atom is 0.416 e. The Labute approximate surface area is 137 Å². The lowest BCUT2D eigenvalue weighted by Crippen LogP contribution is -2.39. The highest BCUT2D eigenvalue weighted by atomic mass is 19.4. The Balaban J connectivity index is 1.73. The van der Waals surface area contributed by atoms with Gasteiger partial charge in [-0.1, -0.05) is 0 Å². The first kappa shape index (κ1) is 16.4. The first-order valence-corrected chi connectivity index (χ1v) is 7.67. The molecule has 4 nitrogen and oxygen atoms in total. The zero-order valence-corrected chi connectivity index (χ0v) is 12.8. The molecule has 1 aliphatic rings. The normalized spacial score (nSPS) is 18.5. The molecule has 7 heteroatoms. The number of carbonyl (C=O) groups excluding carboxylic acids is 1. The number of benzene rings is 1. The molecule has 0 spiro atoms. The fourth-order valence-corrected chi connectivity index (χ4v) is 2.93. The minimum absolute atomic E-state index is 0.125. The maximum atomic E-state index is 12.6. The van der Waals surface area contributed by atoms with Crippen molar-refractivity contribution in [3.05, 3.63) is 59.7 Å². The third-order valence-corrected chi connectivity index (χ3v) is 4.19. The van der Waals surface area contributed by atoms with Gasteiger partial charge in [0.2, 0.25) is 0 Å². The molecule has 0 bridgehead atoms.